The molecule has 0 aliphatic carbocycles. The summed E-state index contributed by atoms with van der Waals surface area (Å²) in [5.41, 5.74) is 13.1. The van der Waals surface area contributed by atoms with E-state index in [9.17, 15) is 0 Å². The molecule has 12 aromatic rings. The van der Waals surface area contributed by atoms with Gasteiger partial charge >= 0.3 is 0 Å². The molecular weight excluding hydrogens is 906 g/mol. The molecule has 0 amide bonds. The maximum atomic E-state index is 7.27. The van der Waals surface area contributed by atoms with Crippen molar-refractivity contribution in [2.24, 2.45) is 0 Å². The van der Waals surface area contributed by atoms with E-state index < -0.39 is 0 Å². The van der Waals surface area contributed by atoms with Crippen LogP contribution in [0.5, 0.6) is 46.0 Å². The molecular formula is C66H40B2N2O4. The van der Waals surface area contributed by atoms with Gasteiger partial charge in [-0.2, -0.15) is 0 Å². The Bertz CT molecular complexity index is 4300. The molecule has 12 aromatic carbocycles. The van der Waals surface area contributed by atoms with E-state index in [1.54, 1.807) is 0 Å². The summed E-state index contributed by atoms with van der Waals surface area (Å²) in [6.45, 7) is -0.407. The molecule has 74 heavy (non-hydrogen) atoms. The van der Waals surface area contributed by atoms with Gasteiger partial charge in [-0.3, -0.25) is 0 Å². The Morgan fingerprint density at radius 3 is 1.35 bits per heavy atom. The van der Waals surface area contributed by atoms with Gasteiger partial charge in [0.2, 0.25) is 0 Å². The number of fused-ring (bicyclic) bond motifs is 11. The van der Waals surface area contributed by atoms with Crippen molar-refractivity contribution in [2.45, 2.75) is 0 Å². The van der Waals surface area contributed by atoms with E-state index >= 15 is 0 Å². The maximum absolute atomic E-state index is 7.27. The van der Waals surface area contributed by atoms with Crippen LogP contribution in [0.2, 0.25) is 0 Å². The summed E-state index contributed by atoms with van der Waals surface area (Å²) in [5.74, 6) is 5.88. The van der Waals surface area contributed by atoms with E-state index in [-0.39, 0.29) is 13.4 Å². The zero-order valence-corrected chi connectivity index (χ0v) is 39.8. The van der Waals surface area contributed by atoms with E-state index in [1.807, 2.05) is 72.8 Å². The van der Waals surface area contributed by atoms with Crippen LogP contribution in [0.25, 0.3) is 32.3 Å². The Kier molecular flexibility index (Phi) is 8.83. The Balaban J connectivity index is 0.989. The van der Waals surface area contributed by atoms with Crippen LogP contribution >= 0.6 is 0 Å². The van der Waals surface area contributed by atoms with Crippen LogP contribution in [0.15, 0.2) is 243 Å². The van der Waals surface area contributed by atoms with Crippen LogP contribution in [-0.4, -0.2) is 13.4 Å². The van der Waals surface area contributed by atoms with Gasteiger partial charge in [-0.15, -0.1) is 0 Å². The molecule has 6 nitrogen and oxygen atoms in total. The van der Waals surface area contributed by atoms with Crippen LogP contribution < -0.4 is 61.5 Å². The van der Waals surface area contributed by atoms with Gasteiger partial charge in [0, 0.05) is 69.9 Å². The van der Waals surface area contributed by atoms with Crippen LogP contribution in [0.3, 0.4) is 0 Å². The van der Waals surface area contributed by atoms with Gasteiger partial charge < -0.3 is 28.7 Å². The van der Waals surface area contributed by atoms with Crippen LogP contribution in [0.4, 0.5) is 34.1 Å². The first-order chi connectivity index (χ1) is 36.6. The second-order valence-corrected chi connectivity index (χ2v) is 19.6. The van der Waals surface area contributed by atoms with Crippen molar-refractivity contribution in [3.8, 4) is 46.0 Å². The molecule has 4 heterocycles. The fourth-order valence-corrected chi connectivity index (χ4v) is 12.1. The van der Waals surface area contributed by atoms with Crippen molar-refractivity contribution in [1.82, 2.24) is 0 Å². The van der Waals surface area contributed by atoms with E-state index in [2.05, 4.69) is 180 Å². The first kappa shape index (κ1) is 41.0. The predicted molar refractivity (Wildman–Crippen MR) is 304 cm³/mol. The molecule has 16 rings (SSSR count). The first-order valence-electron chi connectivity index (χ1n) is 25.2. The van der Waals surface area contributed by atoms with Crippen LogP contribution in [0, 0.1) is 0 Å². The molecule has 0 unspecified atom stereocenters. The minimum absolute atomic E-state index is 0.194. The highest BCUT2D eigenvalue weighted by Crippen LogP contribution is 2.49. The zero-order valence-electron chi connectivity index (χ0n) is 39.8. The highest BCUT2D eigenvalue weighted by Gasteiger charge is 2.47. The predicted octanol–water partition coefficient (Wildman–Crippen LogP) is 13.5. The number of rotatable bonds is 6. The van der Waals surface area contributed by atoms with Gasteiger partial charge in [0.05, 0.1) is 0 Å². The summed E-state index contributed by atoms with van der Waals surface area (Å²) >= 11 is 0. The average Bonchev–Trinajstić information content (AvgIpc) is 3.54. The second kappa shape index (κ2) is 15.9. The number of benzene rings is 12. The lowest BCUT2D eigenvalue weighted by atomic mass is 9.30. The Labute approximate surface area is 428 Å². The molecule has 0 aromatic heterocycles. The molecule has 0 fully saturated rings. The molecule has 0 saturated carbocycles. The van der Waals surface area contributed by atoms with Crippen molar-refractivity contribution >= 4 is 113 Å². The molecule has 8 heteroatoms. The van der Waals surface area contributed by atoms with Crippen LogP contribution in [0.1, 0.15) is 0 Å². The number of hydrogen-bond acceptors (Lipinski definition) is 6. The average molecular weight is 947 g/mol. The SMILES string of the molecule is c1ccc(Oc2cc3c4c(c2)Oc2cc5ccccc5cc2B4c2cc4c(cc2O3)N(c2ccccc2)c2cc(Oc3ccccc3)cc3c2B4c2cc4ccccc4cc2N3c2ccc3ccccc3c2)cc1. The lowest BCUT2D eigenvalue weighted by Gasteiger charge is -2.45. The third-order valence-electron chi connectivity index (χ3n) is 15.3. The summed E-state index contributed by atoms with van der Waals surface area (Å²) in [7, 11) is 0. The van der Waals surface area contributed by atoms with Crippen molar-refractivity contribution < 1.29 is 18.9 Å². The largest absolute Gasteiger partial charge is 0.458 e. The number of para-hydroxylation sites is 3. The monoisotopic (exact) mass is 946 g/mol. The highest BCUT2D eigenvalue weighted by molar-refractivity contribution is 7.02. The van der Waals surface area contributed by atoms with E-state index in [1.165, 1.54) is 37.9 Å². The molecule has 0 radical (unpaired) electrons. The summed E-state index contributed by atoms with van der Waals surface area (Å²) in [6, 6.07) is 85.9. The van der Waals surface area contributed by atoms with Gasteiger partial charge in [0.15, 0.2) is 0 Å². The minimum atomic E-state index is -0.213. The summed E-state index contributed by atoms with van der Waals surface area (Å²) in [5, 5.41) is 6.99. The van der Waals surface area contributed by atoms with Gasteiger partial charge in [0.1, 0.15) is 46.0 Å². The second-order valence-electron chi connectivity index (χ2n) is 19.6. The molecule has 0 saturated heterocycles. The number of ether oxygens (including phenoxy) is 4. The fraction of sp³-hybridized carbons (Fsp3) is 0. The summed E-state index contributed by atoms with van der Waals surface area (Å²) in [6.07, 6.45) is 0. The Morgan fingerprint density at radius 1 is 0.270 bits per heavy atom. The minimum Gasteiger partial charge on any atom is -0.458 e. The van der Waals surface area contributed by atoms with Crippen molar-refractivity contribution in [3.63, 3.8) is 0 Å². The lowest BCUT2D eigenvalue weighted by Crippen LogP contribution is -2.63. The standard InChI is InChI=1S/C66H40B2N2O4/c1-4-22-47(23-5-1)69-58-40-62-56(68-55-32-44-19-13-15-21-46(44)34-61(55)73-63-37-52(38-64(74-62)66(63)68)72-50-26-8-3-9-27-50)39-54(58)67-53-31-43-18-12-14-20-45(43)33-57(53)70(48-29-28-41-16-10-11-17-42(41)30-48)60-36-51(35-59(69)65(60)67)71-49-24-6-2-7-25-49/h1-40H. The van der Waals surface area contributed by atoms with Crippen molar-refractivity contribution in [1.29, 1.82) is 0 Å². The van der Waals surface area contributed by atoms with E-state index in [0.29, 0.717) is 11.5 Å². The molecule has 0 spiro atoms. The molecule has 0 N–H and O–H groups in total. The molecule has 0 atom stereocenters. The molecule has 344 valence electrons. The first-order valence-corrected chi connectivity index (χ1v) is 25.2. The van der Waals surface area contributed by atoms with E-state index in [0.717, 1.165) is 95.8 Å². The summed E-state index contributed by atoms with van der Waals surface area (Å²) in [4.78, 5) is 4.88. The molecule has 4 aliphatic heterocycles. The fourth-order valence-electron chi connectivity index (χ4n) is 12.1. The zero-order chi connectivity index (χ0) is 48.4. The third-order valence-corrected chi connectivity index (χ3v) is 15.3. The Hall–Kier alpha value is -9.65. The third kappa shape index (κ3) is 6.34. The highest BCUT2D eigenvalue weighted by atomic mass is 16.5. The number of nitrogens with zero attached hydrogens (tertiary/aromatic N) is 2. The number of anilines is 6. The van der Waals surface area contributed by atoms with Crippen LogP contribution in [-0.2, 0) is 0 Å². The van der Waals surface area contributed by atoms with E-state index in [4.69, 9.17) is 18.9 Å². The summed E-state index contributed by atoms with van der Waals surface area (Å²) < 4.78 is 27.7. The normalized spacial score (nSPS) is 13.2. The van der Waals surface area contributed by atoms with Crippen molar-refractivity contribution in [3.05, 3.63) is 243 Å². The number of hydrogen-bond donors (Lipinski definition) is 0. The smallest absolute Gasteiger partial charge is 0.260 e. The Morgan fingerprint density at radius 2 is 0.716 bits per heavy atom. The topological polar surface area (TPSA) is 43.4 Å². The van der Waals surface area contributed by atoms with Gasteiger partial charge in [-0.1, -0.05) is 152 Å². The molecule has 4 aliphatic rings. The van der Waals surface area contributed by atoms with Crippen molar-refractivity contribution in [2.75, 3.05) is 9.80 Å². The van der Waals surface area contributed by atoms with Gasteiger partial charge in [0.25, 0.3) is 13.4 Å². The maximum Gasteiger partial charge on any atom is 0.260 e. The quantitative estimate of drug-likeness (QED) is 0.155. The van der Waals surface area contributed by atoms with Gasteiger partial charge in [-0.25, -0.2) is 0 Å². The van der Waals surface area contributed by atoms with Gasteiger partial charge in [-0.05, 0) is 120 Å². The molecule has 0 bridgehead atoms. The lowest BCUT2D eigenvalue weighted by molar-refractivity contribution is 0.443.